The van der Waals surface area contributed by atoms with Crippen molar-refractivity contribution in [3.63, 3.8) is 0 Å². The summed E-state index contributed by atoms with van der Waals surface area (Å²) < 4.78 is 10.2. The van der Waals surface area contributed by atoms with Gasteiger partial charge in [-0.1, -0.05) is 60.7 Å². The summed E-state index contributed by atoms with van der Waals surface area (Å²) in [6.45, 7) is -0.126. The molecule has 2 atom stereocenters. The second-order valence-electron chi connectivity index (χ2n) is 5.80. The van der Waals surface area contributed by atoms with Crippen molar-refractivity contribution < 1.29 is 24.2 Å². The molecule has 0 aliphatic carbocycles. The maximum Gasteiger partial charge on any atom is 0.413 e. The van der Waals surface area contributed by atoms with E-state index in [1.165, 1.54) is 4.90 Å². The lowest BCUT2D eigenvalue weighted by atomic mass is 9.99. The van der Waals surface area contributed by atoms with E-state index >= 15 is 0 Å². The van der Waals surface area contributed by atoms with Gasteiger partial charge in [0, 0.05) is 0 Å². The van der Waals surface area contributed by atoms with Crippen LogP contribution in [0.2, 0.25) is 0 Å². The van der Waals surface area contributed by atoms with Crippen LogP contribution in [0.1, 0.15) is 11.1 Å². The minimum absolute atomic E-state index is 0.109. The van der Waals surface area contributed by atoms with Crippen LogP contribution in [0.25, 0.3) is 0 Å². The molecule has 1 heterocycles. The fourth-order valence-corrected chi connectivity index (χ4v) is 2.71. The smallest absolute Gasteiger partial charge is 0.413 e. The Morgan fingerprint density at radius 2 is 1.68 bits per heavy atom. The Bertz CT molecular complexity index is 719. The molecule has 0 radical (unpaired) electrons. The van der Waals surface area contributed by atoms with E-state index in [0.717, 1.165) is 11.1 Å². The van der Waals surface area contributed by atoms with Crippen molar-refractivity contribution in [2.24, 2.45) is 0 Å². The number of amides is 1. The van der Waals surface area contributed by atoms with Gasteiger partial charge in [0.1, 0.15) is 6.61 Å². The molecule has 0 unspecified atom stereocenters. The molecule has 1 aliphatic rings. The highest BCUT2D eigenvalue weighted by atomic mass is 16.6. The Labute approximate surface area is 145 Å². The highest BCUT2D eigenvalue weighted by Gasteiger charge is 2.40. The lowest BCUT2D eigenvalue weighted by Gasteiger charge is -2.36. The summed E-state index contributed by atoms with van der Waals surface area (Å²) in [6, 6.07) is 17.9. The average Bonchev–Trinajstić information content (AvgIpc) is 2.65. The van der Waals surface area contributed by atoms with Crippen molar-refractivity contribution in [1.29, 1.82) is 0 Å². The summed E-state index contributed by atoms with van der Waals surface area (Å²) in [5, 5.41) is 10.2. The van der Waals surface area contributed by atoms with Crippen LogP contribution in [0.15, 0.2) is 60.7 Å². The number of ether oxygens (including phenoxy) is 2. The maximum atomic E-state index is 12.4. The van der Waals surface area contributed by atoms with Crippen LogP contribution < -0.4 is 0 Å². The Hall–Kier alpha value is -2.86. The zero-order chi connectivity index (χ0) is 17.6. The molecule has 1 aliphatic heterocycles. The van der Waals surface area contributed by atoms with Crippen LogP contribution in [0.5, 0.6) is 0 Å². The number of carbonyl (C=O) groups excluding carboxylic acids is 2. The molecule has 0 bridgehead atoms. The Balaban J connectivity index is 1.70. The monoisotopic (exact) mass is 341 g/mol. The van der Waals surface area contributed by atoms with Gasteiger partial charge in [-0.15, -0.1) is 0 Å². The molecule has 1 saturated heterocycles. The van der Waals surface area contributed by atoms with Crippen LogP contribution in [0.3, 0.4) is 0 Å². The molecule has 2 aromatic carbocycles. The predicted octanol–water partition coefficient (Wildman–Crippen LogP) is 2.11. The molecule has 130 valence electrons. The maximum absolute atomic E-state index is 12.4. The molecule has 3 rings (SSSR count). The molecule has 1 N–H and O–H groups in total. The van der Waals surface area contributed by atoms with Crippen LogP contribution in [-0.2, 0) is 27.3 Å². The molecule has 25 heavy (non-hydrogen) atoms. The first-order chi connectivity index (χ1) is 12.1. The van der Waals surface area contributed by atoms with Crippen molar-refractivity contribution in [3.8, 4) is 0 Å². The minimum atomic E-state index is -1.40. The van der Waals surface area contributed by atoms with Gasteiger partial charge in [0.05, 0.1) is 6.04 Å². The van der Waals surface area contributed by atoms with Crippen molar-refractivity contribution in [2.45, 2.75) is 25.2 Å². The Morgan fingerprint density at radius 1 is 1.08 bits per heavy atom. The van der Waals surface area contributed by atoms with Gasteiger partial charge >= 0.3 is 12.1 Å². The van der Waals surface area contributed by atoms with E-state index in [1.807, 2.05) is 60.7 Å². The molecule has 6 nitrogen and oxygen atoms in total. The first kappa shape index (κ1) is 17.0. The number of benzene rings is 2. The van der Waals surface area contributed by atoms with E-state index < -0.39 is 24.2 Å². The summed E-state index contributed by atoms with van der Waals surface area (Å²) in [4.78, 5) is 25.4. The number of esters is 1. The molecule has 0 aromatic heterocycles. The quantitative estimate of drug-likeness (QED) is 0.862. The topological polar surface area (TPSA) is 76.1 Å². The summed E-state index contributed by atoms with van der Waals surface area (Å²) in [6.07, 6.45) is -1.70. The molecule has 0 spiro atoms. The van der Waals surface area contributed by atoms with E-state index in [4.69, 9.17) is 9.47 Å². The highest BCUT2D eigenvalue weighted by molar-refractivity contribution is 5.79. The largest absolute Gasteiger partial charge is 0.444 e. The number of aliphatic hydroxyl groups is 1. The lowest BCUT2D eigenvalue weighted by Crippen LogP contribution is -2.57. The van der Waals surface area contributed by atoms with Gasteiger partial charge in [-0.3, -0.25) is 4.90 Å². The van der Waals surface area contributed by atoms with Crippen LogP contribution in [0.4, 0.5) is 4.79 Å². The van der Waals surface area contributed by atoms with E-state index in [0.29, 0.717) is 6.42 Å². The van der Waals surface area contributed by atoms with E-state index in [1.54, 1.807) is 0 Å². The molecular weight excluding hydrogens is 322 g/mol. The zero-order valence-corrected chi connectivity index (χ0v) is 13.6. The standard InChI is InChI=1S/C19H19NO5/c21-17-16(11-14-7-3-1-4-8-14)20(13-25-18(17)22)19(23)24-12-15-9-5-2-6-10-15/h1-10,16-17,21H,11-13H2/t16-,17-/m0/s1. The average molecular weight is 341 g/mol. The molecule has 1 amide bonds. The number of aliphatic hydroxyl groups excluding tert-OH is 1. The molecular formula is C19H19NO5. The second-order valence-corrected chi connectivity index (χ2v) is 5.80. The summed E-state index contributed by atoms with van der Waals surface area (Å²) in [5.41, 5.74) is 1.76. The number of hydrogen-bond acceptors (Lipinski definition) is 5. The zero-order valence-electron chi connectivity index (χ0n) is 13.6. The third-order valence-corrected chi connectivity index (χ3v) is 4.08. The third kappa shape index (κ3) is 4.16. The second kappa shape index (κ2) is 7.81. The fraction of sp³-hybridized carbons (Fsp3) is 0.263. The first-order valence-electron chi connectivity index (χ1n) is 8.01. The SMILES string of the molecule is O=C1OCN(C(=O)OCc2ccccc2)[C@@H](Cc2ccccc2)[C@@H]1O. The van der Waals surface area contributed by atoms with Gasteiger partial charge in [-0.25, -0.2) is 9.59 Å². The van der Waals surface area contributed by atoms with Crippen molar-refractivity contribution in [2.75, 3.05) is 6.73 Å². The number of cyclic esters (lactones) is 1. The molecule has 0 saturated carbocycles. The number of carbonyl (C=O) groups is 2. The summed E-state index contributed by atoms with van der Waals surface area (Å²) in [5.74, 6) is -0.729. The van der Waals surface area contributed by atoms with Crippen LogP contribution in [0, 0.1) is 0 Å². The summed E-state index contributed by atoms with van der Waals surface area (Å²) in [7, 11) is 0. The van der Waals surface area contributed by atoms with Gasteiger partial charge in [-0.05, 0) is 17.5 Å². The number of hydrogen-bond donors (Lipinski definition) is 1. The predicted molar refractivity (Wildman–Crippen MR) is 89.4 cm³/mol. The number of nitrogens with zero attached hydrogens (tertiary/aromatic N) is 1. The number of rotatable bonds is 4. The highest BCUT2D eigenvalue weighted by Crippen LogP contribution is 2.19. The Morgan fingerprint density at radius 3 is 2.32 bits per heavy atom. The molecule has 2 aromatic rings. The van der Waals surface area contributed by atoms with Gasteiger partial charge in [0.2, 0.25) is 0 Å². The van der Waals surface area contributed by atoms with Gasteiger partial charge in [-0.2, -0.15) is 0 Å². The van der Waals surface area contributed by atoms with Gasteiger partial charge < -0.3 is 14.6 Å². The van der Waals surface area contributed by atoms with E-state index in [9.17, 15) is 14.7 Å². The third-order valence-electron chi connectivity index (χ3n) is 4.08. The van der Waals surface area contributed by atoms with E-state index in [-0.39, 0.29) is 13.3 Å². The van der Waals surface area contributed by atoms with Crippen molar-refractivity contribution in [3.05, 3.63) is 71.8 Å². The summed E-state index contributed by atoms with van der Waals surface area (Å²) >= 11 is 0. The van der Waals surface area contributed by atoms with Crippen molar-refractivity contribution in [1.82, 2.24) is 4.90 Å². The molecule has 1 fully saturated rings. The van der Waals surface area contributed by atoms with E-state index in [2.05, 4.69) is 0 Å². The van der Waals surface area contributed by atoms with Crippen LogP contribution in [-0.4, -0.2) is 40.9 Å². The van der Waals surface area contributed by atoms with Gasteiger partial charge in [0.25, 0.3) is 0 Å². The van der Waals surface area contributed by atoms with Crippen molar-refractivity contribution >= 4 is 12.1 Å². The Kier molecular flexibility index (Phi) is 5.30. The first-order valence-corrected chi connectivity index (χ1v) is 8.01. The molecule has 6 heteroatoms. The van der Waals surface area contributed by atoms with Gasteiger partial charge in [0.15, 0.2) is 12.8 Å². The normalized spacial score (nSPS) is 20.0. The minimum Gasteiger partial charge on any atom is -0.444 e. The van der Waals surface area contributed by atoms with Crippen LogP contribution >= 0.6 is 0 Å². The fourth-order valence-electron chi connectivity index (χ4n) is 2.71. The lowest BCUT2D eigenvalue weighted by molar-refractivity contribution is -0.174.